The zero-order valence-corrected chi connectivity index (χ0v) is 10.5. The van der Waals surface area contributed by atoms with E-state index in [-0.39, 0.29) is 0 Å². The van der Waals surface area contributed by atoms with Gasteiger partial charge in [0.2, 0.25) is 0 Å². The molecule has 0 saturated heterocycles. The van der Waals surface area contributed by atoms with Crippen molar-refractivity contribution in [3.63, 3.8) is 0 Å². The van der Waals surface area contributed by atoms with Crippen LogP contribution in [0.25, 0.3) is 0 Å². The van der Waals surface area contributed by atoms with E-state index in [9.17, 15) is 5.11 Å². The van der Waals surface area contributed by atoms with Gasteiger partial charge in [-0.15, -0.1) is 0 Å². The van der Waals surface area contributed by atoms with Gasteiger partial charge in [0.15, 0.2) is 5.16 Å². The van der Waals surface area contributed by atoms with Crippen molar-refractivity contribution in [1.82, 2.24) is 9.97 Å². The van der Waals surface area contributed by atoms with Crippen molar-refractivity contribution in [1.29, 1.82) is 0 Å². The van der Waals surface area contributed by atoms with E-state index in [0.29, 0.717) is 0 Å². The van der Waals surface area contributed by atoms with E-state index in [2.05, 4.69) is 9.97 Å². The summed E-state index contributed by atoms with van der Waals surface area (Å²) in [6.07, 6.45) is 9.03. The highest BCUT2D eigenvalue weighted by Crippen LogP contribution is 2.32. The number of thioether (sulfide) groups is 1. The lowest BCUT2D eigenvalue weighted by Crippen LogP contribution is -2.34. The number of hydrogen-bond donors (Lipinski definition) is 1. The Balaban J connectivity index is 1.88. The average molecular weight is 238 g/mol. The van der Waals surface area contributed by atoms with E-state index in [4.69, 9.17) is 0 Å². The van der Waals surface area contributed by atoms with Crippen LogP contribution in [-0.4, -0.2) is 26.4 Å². The van der Waals surface area contributed by atoms with Gasteiger partial charge in [0.25, 0.3) is 0 Å². The van der Waals surface area contributed by atoms with E-state index in [1.807, 2.05) is 19.3 Å². The van der Waals surface area contributed by atoms with Crippen LogP contribution in [0.15, 0.2) is 17.6 Å². The first-order chi connectivity index (χ1) is 7.68. The Hall–Kier alpha value is -0.610. The summed E-state index contributed by atoms with van der Waals surface area (Å²) in [5.41, 5.74) is 0.581. The Bertz CT molecular complexity index is 333. The van der Waals surface area contributed by atoms with Crippen LogP contribution < -0.4 is 0 Å². The smallest absolute Gasteiger partial charge is 0.187 e. The van der Waals surface area contributed by atoms with Gasteiger partial charge in [-0.2, -0.15) is 0 Å². The third-order valence-corrected chi connectivity index (χ3v) is 4.16. The van der Waals surface area contributed by atoms with Crippen molar-refractivity contribution < 1.29 is 5.11 Å². The fourth-order valence-electron chi connectivity index (χ4n) is 2.01. The Kier molecular flexibility index (Phi) is 3.82. The van der Waals surface area contributed by atoms with Crippen LogP contribution in [0.3, 0.4) is 0 Å². The summed E-state index contributed by atoms with van der Waals surface area (Å²) in [4.78, 5) is 8.47. The van der Waals surface area contributed by atoms with Gasteiger partial charge in [-0.3, -0.25) is 0 Å². The van der Waals surface area contributed by atoms with Gasteiger partial charge in [0.1, 0.15) is 0 Å². The van der Waals surface area contributed by atoms with E-state index in [1.165, 1.54) is 6.42 Å². The average Bonchev–Trinajstić information content (AvgIpc) is 2.29. The second-order valence-electron chi connectivity index (χ2n) is 4.62. The highest BCUT2D eigenvalue weighted by atomic mass is 32.2. The molecule has 2 rings (SSSR count). The van der Waals surface area contributed by atoms with E-state index >= 15 is 0 Å². The molecule has 1 aromatic heterocycles. The van der Waals surface area contributed by atoms with Gasteiger partial charge >= 0.3 is 0 Å². The molecule has 0 bridgehead atoms. The molecule has 1 heterocycles. The fraction of sp³-hybridized carbons (Fsp3) is 0.667. The molecule has 4 heteroatoms. The summed E-state index contributed by atoms with van der Waals surface area (Å²) in [7, 11) is 0. The molecule has 0 atom stereocenters. The predicted octanol–water partition coefficient (Wildman–Crippen LogP) is 2.57. The molecular weight excluding hydrogens is 220 g/mol. The van der Waals surface area contributed by atoms with Crippen molar-refractivity contribution in [3.05, 3.63) is 18.0 Å². The summed E-state index contributed by atoms with van der Waals surface area (Å²) < 4.78 is 0. The molecule has 0 aromatic carbocycles. The first kappa shape index (κ1) is 11.9. The van der Waals surface area contributed by atoms with Gasteiger partial charge in [-0.1, -0.05) is 31.0 Å². The quantitative estimate of drug-likeness (QED) is 0.649. The molecule has 0 aliphatic heterocycles. The van der Waals surface area contributed by atoms with E-state index in [1.54, 1.807) is 11.8 Å². The van der Waals surface area contributed by atoms with Crippen molar-refractivity contribution in [2.24, 2.45) is 0 Å². The monoisotopic (exact) mass is 238 g/mol. The van der Waals surface area contributed by atoms with E-state index in [0.717, 1.165) is 42.2 Å². The van der Waals surface area contributed by atoms with Crippen LogP contribution >= 0.6 is 11.8 Å². The number of nitrogens with zero attached hydrogens (tertiary/aromatic N) is 2. The number of aromatic nitrogens is 2. The van der Waals surface area contributed by atoms with Crippen LogP contribution in [0, 0.1) is 6.92 Å². The third kappa shape index (κ3) is 3.19. The minimum atomic E-state index is -0.489. The molecule has 0 unspecified atom stereocenters. The Morgan fingerprint density at radius 2 is 1.88 bits per heavy atom. The summed E-state index contributed by atoms with van der Waals surface area (Å²) in [6.45, 7) is 1.98. The Morgan fingerprint density at radius 3 is 2.50 bits per heavy atom. The largest absolute Gasteiger partial charge is 0.389 e. The summed E-state index contributed by atoms with van der Waals surface area (Å²) in [5, 5.41) is 11.1. The Labute approximate surface area is 101 Å². The summed E-state index contributed by atoms with van der Waals surface area (Å²) in [5.74, 6) is 0.718. The maximum absolute atomic E-state index is 10.3. The highest BCUT2D eigenvalue weighted by Gasteiger charge is 2.29. The van der Waals surface area contributed by atoms with Gasteiger partial charge < -0.3 is 5.11 Å². The molecule has 1 aromatic rings. The molecule has 3 nitrogen and oxygen atoms in total. The first-order valence-corrected chi connectivity index (χ1v) is 6.80. The molecule has 0 radical (unpaired) electrons. The lowest BCUT2D eigenvalue weighted by atomic mass is 9.86. The number of aliphatic hydroxyl groups is 1. The van der Waals surface area contributed by atoms with Crippen molar-refractivity contribution >= 4 is 11.8 Å². The third-order valence-electron chi connectivity index (χ3n) is 3.01. The van der Waals surface area contributed by atoms with Gasteiger partial charge in [0, 0.05) is 18.1 Å². The molecule has 0 spiro atoms. The second kappa shape index (κ2) is 5.15. The van der Waals surface area contributed by atoms with Crippen LogP contribution in [0.4, 0.5) is 0 Å². The number of hydrogen-bond acceptors (Lipinski definition) is 4. The first-order valence-electron chi connectivity index (χ1n) is 5.82. The summed E-state index contributed by atoms with van der Waals surface area (Å²) >= 11 is 1.56. The second-order valence-corrected chi connectivity index (χ2v) is 5.56. The summed E-state index contributed by atoms with van der Waals surface area (Å²) in [6, 6.07) is 0. The zero-order chi connectivity index (χ0) is 11.4. The predicted molar refractivity (Wildman–Crippen MR) is 65.5 cm³/mol. The van der Waals surface area contributed by atoms with Crippen LogP contribution in [0.5, 0.6) is 0 Å². The normalized spacial score (nSPS) is 19.6. The van der Waals surface area contributed by atoms with Crippen molar-refractivity contribution in [2.75, 3.05) is 5.75 Å². The lowest BCUT2D eigenvalue weighted by molar-refractivity contribution is 0.0272. The van der Waals surface area contributed by atoms with Gasteiger partial charge in [-0.05, 0) is 25.3 Å². The standard InChI is InChI=1S/C12H18N2OS/c1-10-7-13-11(14-8-10)16-9-12(15)5-3-2-4-6-12/h7-8,15H,2-6,9H2,1H3. The maximum Gasteiger partial charge on any atom is 0.187 e. The molecule has 1 saturated carbocycles. The topological polar surface area (TPSA) is 46.0 Å². The van der Waals surface area contributed by atoms with Crippen molar-refractivity contribution in [3.8, 4) is 0 Å². The van der Waals surface area contributed by atoms with Crippen LogP contribution in [0.1, 0.15) is 37.7 Å². The molecule has 1 aliphatic rings. The minimum absolute atomic E-state index is 0.489. The lowest BCUT2D eigenvalue weighted by Gasteiger charge is -2.31. The molecule has 1 N–H and O–H groups in total. The number of rotatable bonds is 3. The highest BCUT2D eigenvalue weighted by molar-refractivity contribution is 7.99. The van der Waals surface area contributed by atoms with Crippen molar-refractivity contribution in [2.45, 2.75) is 49.8 Å². The minimum Gasteiger partial charge on any atom is -0.389 e. The Morgan fingerprint density at radius 1 is 1.25 bits per heavy atom. The number of aryl methyl sites for hydroxylation is 1. The molecule has 0 amide bonds. The van der Waals surface area contributed by atoms with Gasteiger partial charge in [0.05, 0.1) is 5.60 Å². The fourth-order valence-corrected chi connectivity index (χ4v) is 2.95. The van der Waals surface area contributed by atoms with Gasteiger partial charge in [-0.25, -0.2) is 9.97 Å². The maximum atomic E-state index is 10.3. The van der Waals surface area contributed by atoms with Crippen LogP contribution in [0.2, 0.25) is 0 Å². The molecule has 88 valence electrons. The molecular formula is C12H18N2OS. The van der Waals surface area contributed by atoms with Crippen LogP contribution in [-0.2, 0) is 0 Å². The van der Waals surface area contributed by atoms with E-state index < -0.39 is 5.60 Å². The molecule has 1 fully saturated rings. The molecule has 1 aliphatic carbocycles. The molecule has 16 heavy (non-hydrogen) atoms. The SMILES string of the molecule is Cc1cnc(SCC2(O)CCCCC2)nc1. The zero-order valence-electron chi connectivity index (χ0n) is 9.65.